The first-order valence-corrected chi connectivity index (χ1v) is 7.00. The Hall–Kier alpha value is -1.81. The quantitative estimate of drug-likeness (QED) is 0.875. The Morgan fingerprint density at radius 3 is 2.84 bits per heavy atom. The predicted octanol–water partition coefficient (Wildman–Crippen LogP) is 3.69. The van der Waals surface area contributed by atoms with Crippen molar-refractivity contribution in [3.05, 3.63) is 52.2 Å². The summed E-state index contributed by atoms with van der Waals surface area (Å²) in [4.78, 5) is 12.1. The number of rotatable bonds is 6. The zero-order valence-corrected chi connectivity index (χ0v) is 11.5. The first-order valence-electron chi connectivity index (χ1n) is 6.12. The van der Waals surface area contributed by atoms with Crippen LogP contribution >= 0.6 is 11.3 Å². The van der Waals surface area contributed by atoms with E-state index in [2.05, 4.69) is 0 Å². The number of aryl methyl sites for hydroxylation is 1. The molecule has 1 aromatic carbocycles. The fraction of sp³-hybridized carbons (Fsp3) is 0.267. The standard InChI is InChI=1S/C15H16O3S/c1-11-4-2-5-12(10-11)18-8-7-13(15(16)17)14-6-3-9-19-14/h2-6,9-10,13H,7-8H2,1H3,(H,16,17). The van der Waals surface area contributed by atoms with Gasteiger partial charge in [-0.25, -0.2) is 0 Å². The van der Waals surface area contributed by atoms with Gasteiger partial charge in [0.05, 0.1) is 12.5 Å². The number of carboxylic acids is 1. The second-order valence-corrected chi connectivity index (χ2v) is 5.34. The third-order valence-corrected chi connectivity index (χ3v) is 3.84. The summed E-state index contributed by atoms with van der Waals surface area (Å²) in [7, 11) is 0. The molecule has 1 heterocycles. The molecular formula is C15H16O3S. The first-order chi connectivity index (χ1) is 9.16. The predicted molar refractivity (Wildman–Crippen MR) is 76.0 cm³/mol. The lowest BCUT2D eigenvalue weighted by molar-refractivity contribution is -0.139. The van der Waals surface area contributed by atoms with Crippen LogP contribution in [0.15, 0.2) is 41.8 Å². The lowest BCUT2D eigenvalue weighted by atomic mass is 10.0. The molecule has 1 N–H and O–H groups in total. The van der Waals surface area contributed by atoms with Crippen molar-refractivity contribution >= 4 is 17.3 Å². The van der Waals surface area contributed by atoms with Crippen molar-refractivity contribution in [2.24, 2.45) is 0 Å². The second-order valence-electron chi connectivity index (χ2n) is 4.36. The Labute approximate surface area is 116 Å². The monoisotopic (exact) mass is 276 g/mol. The minimum Gasteiger partial charge on any atom is -0.494 e. The zero-order chi connectivity index (χ0) is 13.7. The molecule has 0 saturated carbocycles. The Morgan fingerprint density at radius 1 is 1.37 bits per heavy atom. The van der Waals surface area contributed by atoms with E-state index in [0.29, 0.717) is 13.0 Å². The van der Waals surface area contributed by atoms with Crippen molar-refractivity contribution in [3.8, 4) is 5.75 Å². The van der Waals surface area contributed by atoms with E-state index in [1.165, 1.54) is 11.3 Å². The van der Waals surface area contributed by atoms with Crippen LogP contribution < -0.4 is 4.74 Å². The van der Waals surface area contributed by atoms with Gasteiger partial charge in [0, 0.05) is 4.88 Å². The molecule has 0 aliphatic heterocycles. The average molecular weight is 276 g/mol. The molecule has 100 valence electrons. The lowest BCUT2D eigenvalue weighted by Crippen LogP contribution is -2.14. The average Bonchev–Trinajstić information content (AvgIpc) is 2.88. The van der Waals surface area contributed by atoms with Crippen LogP contribution in [-0.4, -0.2) is 17.7 Å². The van der Waals surface area contributed by atoms with Crippen molar-refractivity contribution in [2.75, 3.05) is 6.61 Å². The Bertz CT molecular complexity index is 534. The maximum absolute atomic E-state index is 11.2. The van der Waals surface area contributed by atoms with Gasteiger partial charge in [0.15, 0.2) is 0 Å². The van der Waals surface area contributed by atoms with E-state index in [-0.39, 0.29) is 0 Å². The normalized spacial score (nSPS) is 12.1. The van der Waals surface area contributed by atoms with Crippen LogP contribution in [0.2, 0.25) is 0 Å². The van der Waals surface area contributed by atoms with Crippen molar-refractivity contribution in [1.82, 2.24) is 0 Å². The largest absolute Gasteiger partial charge is 0.494 e. The Balaban J connectivity index is 1.92. The maximum Gasteiger partial charge on any atom is 0.311 e. The topological polar surface area (TPSA) is 46.5 Å². The van der Waals surface area contributed by atoms with Gasteiger partial charge in [-0.1, -0.05) is 18.2 Å². The van der Waals surface area contributed by atoms with E-state index in [0.717, 1.165) is 16.2 Å². The SMILES string of the molecule is Cc1cccc(OCCC(C(=O)O)c2cccs2)c1. The molecule has 0 radical (unpaired) electrons. The second kappa shape index (κ2) is 6.38. The molecule has 1 atom stereocenters. The number of hydrogen-bond acceptors (Lipinski definition) is 3. The third-order valence-electron chi connectivity index (χ3n) is 2.85. The molecule has 0 aliphatic rings. The van der Waals surface area contributed by atoms with Gasteiger partial charge in [0.1, 0.15) is 5.75 Å². The van der Waals surface area contributed by atoms with Gasteiger partial charge in [-0.05, 0) is 42.5 Å². The summed E-state index contributed by atoms with van der Waals surface area (Å²) in [5.74, 6) is -0.490. The van der Waals surface area contributed by atoms with Crippen LogP contribution in [0.1, 0.15) is 22.8 Å². The molecule has 1 unspecified atom stereocenters. The highest BCUT2D eigenvalue weighted by atomic mass is 32.1. The van der Waals surface area contributed by atoms with Gasteiger partial charge >= 0.3 is 5.97 Å². The highest BCUT2D eigenvalue weighted by Crippen LogP contribution is 2.25. The molecule has 0 aliphatic carbocycles. The Morgan fingerprint density at radius 2 is 2.21 bits per heavy atom. The molecule has 2 aromatic rings. The molecule has 3 nitrogen and oxygen atoms in total. The number of ether oxygens (including phenoxy) is 1. The van der Waals surface area contributed by atoms with Crippen LogP contribution in [0.3, 0.4) is 0 Å². The number of hydrogen-bond donors (Lipinski definition) is 1. The van der Waals surface area contributed by atoms with E-state index >= 15 is 0 Å². The van der Waals surface area contributed by atoms with Crippen LogP contribution in [-0.2, 0) is 4.79 Å². The van der Waals surface area contributed by atoms with Crippen LogP contribution in [0.4, 0.5) is 0 Å². The molecule has 4 heteroatoms. The summed E-state index contributed by atoms with van der Waals surface area (Å²) < 4.78 is 5.61. The minimum atomic E-state index is -0.796. The summed E-state index contributed by atoms with van der Waals surface area (Å²) >= 11 is 1.47. The van der Waals surface area contributed by atoms with Gasteiger partial charge in [-0.15, -0.1) is 11.3 Å². The summed E-state index contributed by atoms with van der Waals surface area (Å²) in [6.07, 6.45) is 0.476. The van der Waals surface area contributed by atoms with E-state index in [1.54, 1.807) is 0 Å². The smallest absolute Gasteiger partial charge is 0.311 e. The van der Waals surface area contributed by atoms with Gasteiger partial charge in [0.2, 0.25) is 0 Å². The number of thiophene rings is 1. The minimum absolute atomic E-state index is 0.401. The highest BCUT2D eigenvalue weighted by molar-refractivity contribution is 7.10. The van der Waals surface area contributed by atoms with Crippen molar-refractivity contribution in [1.29, 1.82) is 0 Å². The molecule has 0 amide bonds. The van der Waals surface area contributed by atoms with Crippen LogP contribution in [0, 0.1) is 6.92 Å². The molecule has 1 aromatic heterocycles. The summed E-state index contributed by atoms with van der Waals surface area (Å²) in [6.45, 7) is 2.40. The van der Waals surface area contributed by atoms with E-state index < -0.39 is 11.9 Å². The van der Waals surface area contributed by atoms with Crippen LogP contribution in [0.25, 0.3) is 0 Å². The van der Waals surface area contributed by atoms with Crippen LogP contribution in [0.5, 0.6) is 5.75 Å². The van der Waals surface area contributed by atoms with E-state index in [9.17, 15) is 9.90 Å². The fourth-order valence-electron chi connectivity index (χ4n) is 1.88. The van der Waals surface area contributed by atoms with Crippen molar-refractivity contribution in [2.45, 2.75) is 19.3 Å². The lowest BCUT2D eigenvalue weighted by Gasteiger charge is -2.11. The molecule has 0 spiro atoms. The summed E-state index contributed by atoms with van der Waals surface area (Å²) in [5.41, 5.74) is 1.13. The summed E-state index contributed by atoms with van der Waals surface area (Å²) in [6, 6.07) is 11.5. The summed E-state index contributed by atoms with van der Waals surface area (Å²) in [5, 5.41) is 11.1. The number of carboxylic acid groups (broad SMARTS) is 1. The molecule has 19 heavy (non-hydrogen) atoms. The number of benzene rings is 1. The van der Waals surface area contributed by atoms with Gasteiger partial charge < -0.3 is 9.84 Å². The molecule has 0 saturated heterocycles. The zero-order valence-electron chi connectivity index (χ0n) is 10.7. The molecule has 0 bridgehead atoms. The number of aliphatic carboxylic acids is 1. The van der Waals surface area contributed by atoms with Gasteiger partial charge in [0.25, 0.3) is 0 Å². The van der Waals surface area contributed by atoms with Gasteiger partial charge in [-0.3, -0.25) is 4.79 Å². The Kier molecular flexibility index (Phi) is 4.58. The number of carbonyl (C=O) groups is 1. The fourth-order valence-corrected chi connectivity index (χ4v) is 2.73. The van der Waals surface area contributed by atoms with Crippen molar-refractivity contribution < 1.29 is 14.6 Å². The van der Waals surface area contributed by atoms with E-state index in [1.807, 2.05) is 48.7 Å². The highest BCUT2D eigenvalue weighted by Gasteiger charge is 2.20. The first kappa shape index (κ1) is 13.6. The molecule has 2 rings (SSSR count). The molecule has 0 fully saturated rings. The maximum atomic E-state index is 11.2. The van der Waals surface area contributed by atoms with Gasteiger partial charge in [-0.2, -0.15) is 0 Å². The van der Waals surface area contributed by atoms with E-state index in [4.69, 9.17) is 4.74 Å². The third kappa shape index (κ3) is 3.83. The van der Waals surface area contributed by atoms with Crippen molar-refractivity contribution in [3.63, 3.8) is 0 Å². The molecular weight excluding hydrogens is 260 g/mol.